The molecule has 8 nitrogen and oxygen atoms in total. The highest BCUT2D eigenvalue weighted by molar-refractivity contribution is 5.85. The van der Waals surface area contributed by atoms with Gasteiger partial charge in [-0.3, -0.25) is 14.5 Å². The molecule has 3 heterocycles. The lowest BCUT2D eigenvalue weighted by atomic mass is 9.78. The first-order valence-electron chi connectivity index (χ1n) is 9.71. The van der Waals surface area contributed by atoms with Crippen molar-refractivity contribution in [3.8, 4) is 0 Å². The molecule has 0 bridgehead atoms. The number of piperazine rings is 1. The SMILES string of the molecule is COCC1(C(=O)N2CCN(CC(=O)N3CCOCC3)CC2)CCNCC1.Cl.Cl. The Hall–Kier alpha value is -0.640. The standard InChI is InChI=1S/C18H32N4O4.2ClH/c1-25-15-18(2-4-19-5-3-18)17(24)22-8-6-20(7-9-22)14-16(23)21-10-12-26-13-11-21;;/h19H,2-15H2,1H3;2*1H. The molecule has 3 aliphatic heterocycles. The van der Waals surface area contributed by atoms with Crippen LogP contribution in [0.4, 0.5) is 0 Å². The fourth-order valence-electron chi connectivity index (χ4n) is 4.15. The second-order valence-corrected chi connectivity index (χ2v) is 7.52. The number of halogens is 2. The van der Waals surface area contributed by atoms with Crippen LogP contribution in [0.15, 0.2) is 0 Å². The molecule has 3 fully saturated rings. The second-order valence-electron chi connectivity index (χ2n) is 7.52. The molecule has 0 aromatic heterocycles. The van der Waals surface area contributed by atoms with Crippen molar-refractivity contribution in [1.82, 2.24) is 20.0 Å². The van der Waals surface area contributed by atoms with E-state index in [4.69, 9.17) is 9.47 Å². The first-order chi connectivity index (χ1) is 12.6. The maximum Gasteiger partial charge on any atom is 0.236 e. The zero-order valence-electron chi connectivity index (χ0n) is 16.7. The van der Waals surface area contributed by atoms with Gasteiger partial charge in [0.1, 0.15) is 0 Å². The number of hydrogen-bond donors (Lipinski definition) is 1. The molecule has 0 spiro atoms. The Morgan fingerprint density at radius 3 is 2.14 bits per heavy atom. The Kier molecular flexibility index (Phi) is 11.0. The Bertz CT molecular complexity index is 486. The molecule has 164 valence electrons. The summed E-state index contributed by atoms with van der Waals surface area (Å²) >= 11 is 0. The molecule has 0 saturated carbocycles. The zero-order valence-corrected chi connectivity index (χ0v) is 18.3. The monoisotopic (exact) mass is 440 g/mol. The molecule has 10 heteroatoms. The summed E-state index contributed by atoms with van der Waals surface area (Å²) < 4.78 is 10.7. The van der Waals surface area contributed by atoms with Crippen LogP contribution in [0.5, 0.6) is 0 Å². The number of rotatable bonds is 5. The molecule has 1 N–H and O–H groups in total. The number of morpholine rings is 1. The van der Waals surface area contributed by atoms with Crippen LogP contribution in [-0.4, -0.2) is 112 Å². The van der Waals surface area contributed by atoms with Crippen LogP contribution in [-0.2, 0) is 19.1 Å². The fourth-order valence-corrected chi connectivity index (χ4v) is 4.15. The van der Waals surface area contributed by atoms with E-state index in [0.717, 1.165) is 39.0 Å². The highest BCUT2D eigenvalue weighted by Gasteiger charge is 2.42. The van der Waals surface area contributed by atoms with Crippen LogP contribution in [0.3, 0.4) is 0 Å². The summed E-state index contributed by atoms with van der Waals surface area (Å²) in [6.07, 6.45) is 1.66. The molecule has 3 aliphatic rings. The van der Waals surface area contributed by atoms with Gasteiger partial charge in [0, 0.05) is 46.4 Å². The van der Waals surface area contributed by atoms with Gasteiger partial charge in [0.15, 0.2) is 0 Å². The third-order valence-corrected chi connectivity index (χ3v) is 5.82. The fraction of sp³-hybridized carbons (Fsp3) is 0.889. The largest absolute Gasteiger partial charge is 0.384 e. The normalized spacial score (nSPS) is 22.8. The van der Waals surface area contributed by atoms with Crippen molar-refractivity contribution >= 4 is 36.6 Å². The quantitative estimate of drug-likeness (QED) is 0.640. The minimum Gasteiger partial charge on any atom is -0.384 e. The molecule has 0 radical (unpaired) electrons. The van der Waals surface area contributed by atoms with Gasteiger partial charge in [0.25, 0.3) is 0 Å². The van der Waals surface area contributed by atoms with Crippen LogP contribution in [0.25, 0.3) is 0 Å². The van der Waals surface area contributed by atoms with Gasteiger partial charge in [-0.15, -0.1) is 24.8 Å². The predicted octanol–water partition coefficient (Wildman–Crippen LogP) is -0.151. The molecule has 0 atom stereocenters. The van der Waals surface area contributed by atoms with Gasteiger partial charge < -0.3 is 24.6 Å². The van der Waals surface area contributed by atoms with E-state index < -0.39 is 0 Å². The van der Waals surface area contributed by atoms with Crippen LogP contribution < -0.4 is 5.32 Å². The van der Waals surface area contributed by atoms with E-state index in [0.29, 0.717) is 52.5 Å². The highest BCUT2D eigenvalue weighted by Crippen LogP contribution is 2.32. The molecule has 0 aromatic carbocycles. The Morgan fingerprint density at radius 1 is 0.964 bits per heavy atom. The van der Waals surface area contributed by atoms with Crippen LogP contribution in [0.2, 0.25) is 0 Å². The third kappa shape index (κ3) is 6.18. The van der Waals surface area contributed by atoms with E-state index in [1.54, 1.807) is 7.11 Å². The summed E-state index contributed by atoms with van der Waals surface area (Å²) in [7, 11) is 1.67. The maximum atomic E-state index is 13.2. The van der Waals surface area contributed by atoms with Crippen molar-refractivity contribution < 1.29 is 19.1 Å². The van der Waals surface area contributed by atoms with E-state index in [1.807, 2.05) is 9.80 Å². The van der Waals surface area contributed by atoms with Gasteiger partial charge in [0.2, 0.25) is 11.8 Å². The van der Waals surface area contributed by atoms with Crippen LogP contribution in [0.1, 0.15) is 12.8 Å². The number of ether oxygens (including phenoxy) is 2. The predicted molar refractivity (Wildman–Crippen MR) is 111 cm³/mol. The average Bonchev–Trinajstić information content (AvgIpc) is 2.69. The second kappa shape index (κ2) is 12.1. The Labute approximate surface area is 180 Å². The van der Waals surface area contributed by atoms with Gasteiger partial charge in [-0.2, -0.15) is 0 Å². The van der Waals surface area contributed by atoms with Gasteiger partial charge in [-0.05, 0) is 25.9 Å². The van der Waals surface area contributed by atoms with Crippen molar-refractivity contribution in [1.29, 1.82) is 0 Å². The van der Waals surface area contributed by atoms with E-state index in [2.05, 4.69) is 10.2 Å². The van der Waals surface area contributed by atoms with E-state index >= 15 is 0 Å². The minimum absolute atomic E-state index is 0. The summed E-state index contributed by atoms with van der Waals surface area (Å²) in [6.45, 7) is 8.17. The summed E-state index contributed by atoms with van der Waals surface area (Å²) in [5.41, 5.74) is -0.383. The van der Waals surface area contributed by atoms with Gasteiger partial charge in [-0.1, -0.05) is 0 Å². The van der Waals surface area contributed by atoms with Gasteiger partial charge in [-0.25, -0.2) is 0 Å². The third-order valence-electron chi connectivity index (χ3n) is 5.82. The van der Waals surface area contributed by atoms with Crippen molar-refractivity contribution in [2.24, 2.45) is 5.41 Å². The highest BCUT2D eigenvalue weighted by atomic mass is 35.5. The molecular formula is C18H34Cl2N4O4. The summed E-state index contributed by atoms with van der Waals surface area (Å²) in [5, 5.41) is 3.33. The van der Waals surface area contributed by atoms with E-state index in [-0.39, 0.29) is 42.0 Å². The van der Waals surface area contributed by atoms with Crippen LogP contribution in [0, 0.1) is 5.41 Å². The number of nitrogens with one attached hydrogen (secondary N) is 1. The van der Waals surface area contributed by atoms with Crippen molar-refractivity contribution in [2.45, 2.75) is 12.8 Å². The van der Waals surface area contributed by atoms with E-state index in [9.17, 15) is 9.59 Å². The molecule has 0 aromatic rings. The lowest BCUT2D eigenvalue weighted by Crippen LogP contribution is -2.57. The summed E-state index contributed by atoms with van der Waals surface area (Å²) in [5.74, 6) is 0.391. The summed E-state index contributed by atoms with van der Waals surface area (Å²) in [4.78, 5) is 31.6. The molecule has 3 rings (SSSR count). The Balaban J connectivity index is 0.00000196. The van der Waals surface area contributed by atoms with Crippen molar-refractivity contribution in [3.63, 3.8) is 0 Å². The van der Waals surface area contributed by atoms with E-state index in [1.165, 1.54) is 0 Å². The number of hydrogen-bond acceptors (Lipinski definition) is 6. The molecule has 0 unspecified atom stereocenters. The number of amides is 2. The lowest BCUT2D eigenvalue weighted by molar-refractivity contribution is -0.149. The molecule has 0 aliphatic carbocycles. The molecule has 2 amide bonds. The minimum atomic E-state index is -0.383. The Morgan fingerprint density at radius 2 is 1.57 bits per heavy atom. The number of piperidine rings is 1. The number of nitrogens with zero attached hydrogens (tertiary/aromatic N) is 3. The van der Waals surface area contributed by atoms with Crippen molar-refractivity contribution in [3.05, 3.63) is 0 Å². The molecule has 3 saturated heterocycles. The zero-order chi connectivity index (χ0) is 18.4. The van der Waals surface area contributed by atoms with Gasteiger partial charge >= 0.3 is 0 Å². The van der Waals surface area contributed by atoms with Crippen LogP contribution >= 0.6 is 24.8 Å². The topological polar surface area (TPSA) is 74.4 Å². The molecular weight excluding hydrogens is 407 g/mol. The lowest BCUT2D eigenvalue weighted by Gasteiger charge is -2.42. The molecule has 28 heavy (non-hydrogen) atoms. The number of carbonyl (C=O) groups is 2. The van der Waals surface area contributed by atoms with Crippen molar-refractivity contribution in [2.75, 3.05) is 85.8 Å². The number of carbonyl (C=O) groups excluding carboxylic acids is 2. The summed E-state index contributed by atoms with van der Waals surface area (Å²) in [6, 6.07) is 0. The van der Waals surface area contributed by atoms with Gasteiger partial charge in [0.05, 0.1) is 31.8 Å². The maximum absolute atomic E-state index is 13.2. The number of methoxy groups -OCH3 is 1. The first-order valence-corrected chi connectivity index (χ1v) is 9.71. The average molecular weight is 441 g/mol. The first kappa shape index (κ1) is 25.4. The smallest absolute Gasteiger partial charge is 0.236 e.